The molecule has 0 bridgehead atoms. The van der Waals surface area contributed by atoms with Gasteiger partial charge in [0.25, 0.3) is 5.91 Å². The molecule has 150 valence electrons. The van der Waals surface area contributed by atoms with Crippen molar-refractivity contribution >= 4 is 5.91 Å². The molecule has 0 saturated heterocycles. The summed E-state index contributed by atoms with van der Waals surface area (Å²) in [7, 11) is 2.92. The molecule has 2 aromatic rings. The van der Waals surface area contributed by atoms with Crippen LogP contribution in [0.3, 0.4) is 0 Å². The van der Waals surface area contributed by atoms with E-state index in [1.54, 1.807) is 18.2 Å². The Bertz CT molecular complexity index is 834. The van der Waals surface area contributed by atoms with Crippen LogP contribution in [0.2, 0.25) is 0 Å². The Morgan fingerprint density at radius 2 is 1.89 bits per heavy atom. The molecular weight excluding hydrogens is 371 g/mol. The molecule has 0 fully saturated rings. The summed E-state index contributed by atoms with van der Waals surface area (Å²) in [6, 6.07) is 10.5. The minimum atomic E-state index is -4.47. The molecule has 0 spiro atoms. The van der Waals surface area contributed by atoms with E-state index in [4.69, 9.17) is 9.47 Å². The number of alkyl halides is 3. The number of rotatable bonds is 8. The van der Waals surface area contributed by atoms with E-state index in [0.29, 0.717) is 17.9 Å². The van der Waals surface area contributed by atoms with Crippen LogP contribution < -0.4 is 9.47 Å². The number of carbonyl (C=O) groups is 1. The van der Waals surface area contributed by atoms with Gasteiger partial charge in [0.05, 0.1) is 12.7 Å². The van der Waals surface area contributed by atoms with Crippen LogP contribution in [-0.2, 0) is 23.9 Å². The van der Waals surface area contributed by atoms with Crippen molar-refractivity contribution in [1.82, 2.24) is 4.90 Å². The number of hydrogen-bond donors (Lipinski definition) is 0. The summed E-state index contributed by atoms with van der Waals surface area (Å²) < 4.78 is 50.1. The number of ether oxygens (including phenoxy) is 2. The third-order valence-corrected chi connectivity index (χ3v) is 4.12. The van der Waals surface area contributed by atoms with Crippen LogP contribution in [0.1, 0.15) is 16.7 Å². The zero-order chi connectivity index (χ0) is 20.7. The number of likely N-dealkylation sites (N-methyl/N-ethyl adjacent to an activating group) is 1. The SMILES string of the molecule is C=CCc1ccc(OCC(=O)N(C)Cc2ccccc2C(F)(F)F)c(OC)c1. The van der Waals surface area contributed by atoms with Crippen molar-refractivity contribution in [3.05, 3.63) is 71.8 Å². The van der Waals surface area contributed by atoms with Gasteiger partial charge in [0.2, 0.25) is 0 Å². The molecule has 7 heteroatoms. The van der Waals surface area contributed by atoms with Gasteiger partial charge in [-0.1, -0.05) is 30.3 Å². The Kier molecular flexibility index (Phi) is 7.09. The third kappa shape index (κ3) is 5.52. The van der Waals surface area contributed by atoms with E-state index >= 15 is 0 Å². The Morgan fingerprint density at radius 3 is 2.54 bits per heavy atom. The number of nitrogens with zero attached hydrogens (tertiary/aromatic N) is 1. The molecule has 1 amide bonds. The molecule has 0 aliphatic rings. The Morgan fingerprint density at radius 1 is 1.18 bits per heavy atom. The predicted octanol–water partition coefficient (Wildman–Crippen LogP) is 4.48. The number of amides is 1. The molecular formula is C21H22F3NO3. The largest absolute Gasteiger partial charge is 0.493 e. The average molecular weight is 393 g/mol. The lowest BCUT2D eigenvalue weighted by Crippen LogP contribution is -2.31. The van der Waals surface area contributed by atoms with Gasteiger partial charge in [-0.05, 0) is 35.7 Å². The zero-order valence-electron chi connectivity index (χ0n) is 15.8. The van der Waals surface area contributed by atoms with E-state index in [9.17, 15) is 18.0 Å². The van der Waals surface area contributed by atoms with Crippen molar-refractivity contribution in [2.24, 2.45) is 0 Å². The fraction of sp³-hybridized carbons (Fsp3) is 0.286. The van der Waals surface area contributed by atoms with Gasteiger partial charge < -0.3 is 14.4 Å². The summed E-state index contributed by atoms with van der Waals surface area (Å²) in [5.74, 6) is 0.402. The first kappa shape index (κ1) is 21.3. The fourth-order valence-corrected chi connectivity index (χ4v) is 2.65. The van der Waals surface area contributed by atoms with Crippen molar-refractivity contribution < 1.29 is 27.4 Å². The number of halogens is 3. The van der Waals surface area contributed by atoms with Crippen LogP contribution in [0.5, 0.6) is 11.5 Å². The molecule has 0 radical (unpaired) electrons. The predicted molar refractivity (Wildman–Crippen MR) is 100 cm³/mol. The van der Waals surface area contributed by atoms with E-state index in [1.807, 2.05) is 6.07 Å². The maximum atomic E-state index is 13.1. The van der Waals surface area contributed by atoms with Gasteiger partial charge in [-0.15, -0.1) is 6.58 Å². The molecule has 0 atom stereocenters. The summed E-state index contributed by atoms with van der Waals surface area (Å²) in [6.45, 7) is 3.18. The molecule has 28 heavy (non-hydrogen) atoms. The van der Waals surface area contributed by atoms with Crippen LogP contribution in [0, 0.1) is 0 Å². The molecule has 4 nitrogen and oxygen atoms in total. The summed E-state index contributed by atoms with van der Waals surface area (Å²) in [5.41, 5.74) is 0.249. The van der Waals surface area contributed by atoms with E-state index < -0.39 is 17.6 Å². The van der Waals surface area contributed by atoms with Crippen LogP contribution in [0.25, 0.3) is 0 Å². The van der Waals surface area contributed by atoms with Gasteiger partial charge in [-0.3, -0.25) is 4.79 Å². The average Bonchev–Trinajstić information content (AvgIpc) is 2.66. The van der Waals surface area contributed by atoms with E-state index in [0.717, 1.165) is 11.6 Å². The number of methoxy groups -OCH3 is 1. The molecule has 0 heterocycles. The van der Waals surface area contributed by atoms with E-state index in [-0.39, 0.29) is 18.7 Å². The molecule has 0 saturated carbocycles. The summed E-state index contributed by atoms with van der Waals surface area (Å²) >= 11 is 0. The minimum absolute atomic E-state index is 0.0252. The number of hydrogen-bond acceptors (Lipinski definition) is 3. The topological polar surface area (TPSA) is 38.8 Å². The zero-order valence-corrected chi connectivity index (χ0v) is 15.8. The van der Waals surface area contributed by atoms with E-state index in [1.165, 1.54) is 37.3 Å². The van der Waals surface area contributed by atoms with Crippen molar-refractivity contribution in [3.63, 3.8) is 0 Å². The van der Waals surface area contributed by atoms with Crippen LogP contribution in [0.4, 0.5) is 13.2 Å². The van der Waals surface area contributed by atoms with Gasteiger partial charge in [0, 0.05) is 13.6 Å². The van der Waals surface area contributed by atoms with Crippen LogP contribution in [-0.4, -0.2) is 31.6 Å². The molecule has 0 aliphatic carbocycles. The Hall–Kier alpha value is -2.96. The lowest BCUT2D eigenvalue weighted by atomic mass is 10.1. The first-order chi connectivity index (χ1) is 13.3. The number of allylic oxidation sites excluding steroid dienone is 1. The first-order valence-electron chi connectivity index (χ1n) is 8.56. The molecule has 0 aliphatic heterocycles. The maximum absolute atomic E-state index is 13.1. The van der Waals surface area contributed by atoms with Crippen molar-refractivity contribution in [3.8, 4) is 11.5 Å². The highest BCUT2D eigenvalue weighted by Gasteiger charge is 2.33. The lowest BCUT2D eigenvalue weighted by molar-refractivity contribution is -0.140. The third-order valence-electron chi connectivity index (χ3n) is 4.12. The van der Waals surface area contributed by atoms with Crippen molar-refractivity contribution in [2.45, 2.75) is 19.1 Å². The summed E-state index contributed by atoms with van der Waals surface area (Å²) in [5, 5.41) is 0. The monoisotopic (exact) mass is 393 g/mol. The van der Waals surface area contributed by atoms with Crippen LogP contribution in [0.15, 0.2) is 55.1 Å². The van der Waals surface area contributed by atoms with Gasteiger partial charge in [-0.2, -0.15) is 13.2 Å². The first-order valence-corrected chi connectivity index (χ1v) is 8.56. The van der Waals surface area contributed by atoms with Gasteiger partial charge in [-0.25, -0.2) is 0 Å². The van der Waals surface area contributed by atoms with Crippen molar-refractivity contribution in [1.29, 1.82) is 0 Å². The van der Waals surface area contributed by atoms with Gasteiger partial charge >= 0.3 is 6.18 Å². The Labute approximate surface area is 162 Å². The van der Waals surface area contributed by atoms with E-state index in [2.05, 4.69) is 6.58 Å². The van der Waals surface area contributed by atoms with Crippen molar-refractivity contribution in [2.75, 3.05) is 20.8 Å². The second-order valence-electron chi connectivity index (χ2n) is 6.17. The van der Waals surface area contributed by atoms with Gasteiger partial charge in [0.15, 0.2) is 18.1 Å². The second kappa shape index (κ2) is 9.30. The smallest absolute Gasteiger partial charge is 0.416 e. The normalized spacial score (nSPS) is 11.0. The van der Waals surface area contributed by atoms with Gasteiger partial charge in [0.1, 0.15) is 0 Å². The summed E-state index contributed by atoms with van der Waals surface area (Å²) in [6.07, 6.45) is -2.05. The molecule has 0 aromatic heterocycles. The number of benzene rings is 2. The molecule has 2 rings (SSSR count). The highest BCUT2D eigenvalue weighted by atomic mass is 19.4. The quantitative estimate of drug-likeness (QED) is 0.621. The molecule has 0 N–H and O–H groups in total. The second-order valence-corrected chi connectivity index (χ2v) is 6.17. The molecule has 2 aromatic carbocycles. The summed E-state index contributed by atoms with van der Waals surface area (Å²) in [4.78, 5) is 13.5. The number of carbonyl (C=O) groups excluding carboxylic acids is 1. The fourth-order valence-electron chi connectivity index (χ4n) is 2.65. The van der Waals surface area contributed by atoms with Crippen LogP contribution >= 0.6 is 0 Å². The Balaban J connectivity index is 2.03. The molecule has 0 unspecified atom stereocenters. The highest BCUT2D eigenvalue weighted by Crippen LogP contribution is 2.32. The highest BCUT2D eigenvalue weighted by molar-refractivity contribution is 5.77. The lowest BCUT2D eigenvalue weighted by Gasteiger charge is -2.20. The standard InChI is InChI=1S/C21H22F3NO3/c1-4-7-15-10-11-18(19(12-15)27-3)28-14-20(26)25(2)13-16-8-5-6-9-17(16)21(22,23)24/h4-6,8-12H,1,7,13-14H2,2-3H3. The minimum Gasteiger partial charge on any atom is -0.493 e. The maximum Gasteiger partial charge on any atom is 0.416 e.